The molecule has 2 aliphatic rings. The number of thiazole rings is 1. The van der Waals surface area contributed by atoms with E-state index in [1.807, 2.05) is 28.5 Å². The SMILES string of the molecule is CC(=O)c1ccn(C(=O)N2C[C@H]3CC(OCc4cccc(-c5cscn5)c4Cl)C[C@H]3C2)n1. The number of halogens is 1. The maximum Gasteiger partial charge on any atom is 0.344 e. The van der Waals surface area contributed by atoms with E-state index < -0.39 is 0 Å². The van der Waals surface area contributed by atoms with Crippen molar-refractivity contribution >= 4 is 34.8 Å². The van der Waals surface area contributed by atoms with E-state index >= 15 is 0 Å². The maximum absolute atomic E-state index is 12.7. The molecule has 1 saturated heterocycles. The fraction of sp³-hybridized carbons (Fsp3) is 0.391. The molecule has 2 aromatic heterocycles. The monoisotopic (exact) mass is 470 g/mol. The second kappa shape index (κ2) is 8.77. The number of hydrogen-bond donors (Lipinski definition) is 0. The third-order valence-corrected chi connectivity index (χ3v) is 7.42. The highest BCUT2D eigenvalue weighted by molar-refractivity contribution is 7.07. The Morgan fingerprint density at radius 3 is 2.66 bits per heavy atom. The molecule has 1 saturated carbocycles. The zero-order valence-electron chi connectivity index (χ0n) is 17.6. The molecule has 1 aliphatic heterocycles. The number of ether oxygens (including phenoxy) is 1. The average molecular weight is 471 g/mol. The number of aromatic nitrogens is 3. The highest BCUT2D eigenvalue weighted by atomic mass is 35.5. The molecule has 1 aliphatic carbocycles. The molecule has 166 valence electrons. The fourth-order valence-electron chi connectivity index (χ4n) is 4.74. The van der Waals surface area contributed by atoms with E-state index in [1.165, 1.54) is 11.6 Å². The molecule has 3 atom stereocenters. The van der Waals surface area contributed by atoms with E-state index in [4.69, 9.17) is 16.3 Å². The van der Waals surface area contributed by atoms with Crippen LogP contribution in [0.5, 0.6) is 0 Å². The molecule has 5 rings (SSSR count). The predicted octanol–water partition coefficient (Wildman–Crippen LogP) is 4.76. The van der Waals surface area contributed by atoms with Gasteiger partial charge in [0.05, 0.1) is 28.9 Å². The third-order valence-electron chi connectivity index (χ3n) is 6.39. The van der Waals surface area contributed by atoms with E-state index in [-0.39, 0.29) is 17.9 Å². The number of Topliss-reactive ketones (excluding diaryl/α,β-unsaturated/α-hetero) is 1. The molecular formula is C23H23ClN4O3S. The van der Waals surface area contributed by atoms with Gasteiger partial charge < -0.3 is 9.64 Å². The van der Waals surface area contributed by atoms with Crippen LogP contribution >= 0.6 is 22.9 Å². The molecule has 9 heteroatoms. The average Bonchev–Trinajstić information content (AvgIpc) is 3.56. The largest absolute Gasteiger partial charge is 0.373 e. The van der Waals surface area contributed by atoms with Gasteiger partial charge in [-0.2, -0.15) is 9.78 Å². The van der Waals surface area contributed by atoms with Crippen LogP contribution < -0.4 is 0 Å². The van der Waals surface area contributed by atoms with Crippen molar-refractivity contribution in [2.24, 2.45) is 11.8 Å². The normalized spacial score (nSPS) is 22.3. The summed E-state index contributed by atoms with van der Waals surface area (Å²) in [6.07, 6.45) is 3.57. The number of ketones is 1. The second-order valence-corrected chi connectivity index (χ2v) is 9.56. The first kappa shape index (κ1) is 21.3. The predicted molar refractivity (Wildman–Crippen MR) is 122 cm³/mol. The van der Waals surface area contributed by atoms with E-state index in [0.29, 0.717) is 42.2 Å². The van der Waals surface area contributed by atoms with E-state index in [1.54, 1.807) is 29.1 Å². The molecule has 2 fully saturated rings. The second-order valence-electron chi connectivity index (χ2n) is 8.47. The van der Waals surface area contributed by atoms with Gasteiger partial charge in [0.1, 0.15) is 5.69 Å². The Labute approximate surface area is 195 Å². The van der Waals surface area contributed by atoms with Gasteiger partial charge in [0.15, 0.2) is 5.78 Å². The van der Waals surface area contributed by atoms with Crippen molar-refractivity contribution in [1.82, 2.24) is 19.7 Å². The number of carbonyl (C=O) groups excluding carboxylic acids is 2. The molecule has 0 N–H and O–H groups in total. The Bertz CT molecular complexity index is 1130. The number of benzene rings is 1. The van der Waals surface area contributed by atoms with Crippen LogP contribution in [-0.4, -0.2) is 50.7 Å². The fourth-order valence-corrected chi connectivity index (χ4v) is 5.57. The van der Waals surface area contributed by atoms with Crippen LogP contribution in [0.1, 0.15) is 35.8 Å². The van der Waals surface area contributed by atoms with E-state index in [0.717, 1.165) is 29.7 Å². The van der Waals surface area contributed by atoms with Crippen LogP contribution in [0.2, 0.25) is 5.02 Å². The van der Waals surface area contributed by atoms with Crippen LogP contribution in [0.25, 0.3) is 11.3 Å². The lowest BCUT2D eigenvalue weighted by atomic mass is 10.0. The first-order valence-electron chi connectivity index (χ1n) is 10.6. The maximum atomic E-state index is 12.7. The summed E-state index contributed by atoms with van der Waals surface area (Å²) in [7, 11) is 0. The van der Waals surface area contributed by atoms with Gasteiger partial charge >= 0.3 is 6.03 Å². The summed E-state index contributed by atoms with van der Waals surface area (Å²) in [6, 6.07) is 7.36. The van der Waals surface area contributed by atoms with Gasteiger partial charge in [0, 0.05) is 37.2 Å². The minimum atomic E-state index is -0.171. The van der Waals surface area contributed by atoms with Crippen molar-refractivity contribution < 1.29 is 14.3 Å². The lowest BCUT2D eigenvalue weighted by molar-refractivity contribution is 0.0384. The van der Waals surface area contributed by atoms with Crippen molar-refractivity contribution in [2.75, 3.05) is 13.1 Å². The van der Waals surface area contributed by atoms with E-state index in [9.17, 15) is 9.59 Å². The highest BCUT2D eigenvalue weighted by Crippen LogP contribution is 2.40. The summed E-state index contributed by atoms with van der Waals surface area (Å²) in [5, 5.41) is 6.77. The Morgan fingerprint density at radius 1 is 1.22 bits per heavy atom. The summed E-state index contributed by atoms with van der Waals surface area (Å²) in [6.45, 7) is 3.29. The quantitative estimate of drug-likeness (QED) is 0.502. The van der Waals surface area contributed by atoms with Crippen molar-refractivity contribution in [3.05, 3.63) is 57.6 Å². The zero-order valence-corrected chi connectivity index (χ0v) is 19.2. The molecular weight excluding hydrogens is 448 g/mol. The smallest absolute Gasteiger partial charge is 0.344 e. The summed E-state index contributed by atoms with van der Waals surface area (Å²) >= 11 is 8.17. The Morgan fingerprint density at radius 2 is 2.00 bits per heavy atom. The standard InChI is InChI=1S/C23H23ClN4O3S/c1-14(29)20-5-6-28(26-20)23(30)27-9-16-7-18(8-17(16)10-27)31-11-15-3-2-4-19(22(15)24)21-12-32-13-25-21/h2-6,12-13,16-18H,7-11H2,1H3/t16-,17+,18?. The van der Waals surface area contributed by atoms with Crippen LogP contribution in [0.3, 0.4) is 0 Å². The van der Waals surface area contributed by atoms with Crippen molar-refractivity contribution in [3.8, 4) is 11.3 Å². The van der Waals surface area contributed by atoms with Gasteiger partial charge in [0.25, 0.3) is 0 Å². The Hall–Kier alpha value is -2.55. The zero-order chi connectivity index (χ0) is 22.2. The first-order chi connectivity index (χ1) is 15.5. The van der Waals surface area contributed by atoms with Gasteiger partial charge in [-0.05, 0) is 36.3 Å². The van der Waals surface area contributed by atoms with Crippen LogP contribution in [0, 0.1) is 11.8 Å². The third kappa shape index (κ3) is 4.10. The summed E-state index contributed by atoms with van der Waals surface area (Å²) < 4.78 is 7.49. The minimum absolute atomic E-state index is 0.146. The molecule has 1 aromatic carbocycles. The Kier molecular flexibility index (Phi) is 5.84. The van der Waals surface area contributed by atoms with Crippen LogP contribution in [0.4, 0.5) is 4.79 Å². The van der Waals surface area contributed by atoms with Crippen molar-refractivity contribution in [2.45, 2.75) is 32.5 Å². The molecule has 1 amide bonds. The van der Waals surface area contributed by atoms with Gasteiger partial charge in [-0.1, -0.05) is 29.8 Å². The molecule has 0 radical (unpaired) electrons. The van der Waals surface area contributed by atoms with Crippen LogP contribution in [0.15, 0.2) is 41.4 Å². The lowest BCUT2D eigenvalue weighted by Gasteiger charge is -2.19. The first-order valence-corrected chi connectivity index (χ1v) is 11.9. The van der Waals surface area contributed by atoms with Gasteiger partial charge in [-0.15, -0.1) is 11.3 Å². The summed E-state index contributed by atoms with van der Waals surface area (Å²) in [5.41, 5.74) is 4.89. The number of rotatable bonds is 5. The molecule has 32 heavy (non-hydrogen) atoms. The van der Waals surface area contributed by atoms with Crippen molar-refractivity contribution in [1.29, 1.82) is 0 Å². The lowest BCUT2D eigenvalue weighted by Crippen LogP contribution is -2.34. The molecule has 3 heterocycles. The number of carbonyl (C=O) groups is 2. The molecule has 0 spiro atoms. The van der Waals surface area contributed by atoms with Crippen molar-refractivity contribution in [3.63, 3.8) is 0 Å². The van der Waals surface area contributed by atoms with Gasteiger partial charge in [-0.25, -0.2) is 9.78 Å². The summed E-state index contributed by atoms with van der Waals surface area (Å²) in [4.78, 5) is 30.4. The highest BCUT2D eigenvalue weighted by Gasteiger charge is 2.43. The van der Waals surface area contributed by atoms with E-state index in [2.05, 4.69) is 10.1 Å². The molecule has 7 nitrogen and oxygen atoms in total. The number of nitrogens with zero attached hydrogens (tertiary/aromatic N) is 4. The molecule has 3 aromatic rings. The number of likely N-dealkylation sites (tertiary alicyclic amines) is 1. The summed E-state index contributed by atoms with van der Waals surface area (Å²) in [5.74, 6) is 0.694. The molecule has 0 bridgehead atoms. The minimum Gasteiger partial charge on any atom is -0.373 e. The number of amides is 1. The number of fused-ring (bicyclic) bond motifs is 1. The number of hydrogen-bond acceptors (Lipinski definition) is 6. The van der Waals surface area contributed by atoms with Gasteiger partial charge in [-0.3, -0.25) is 4.79 Å². The Balaban J connectivity index is 1.16. The van der Waals surface area contributed by atoms with Crippen LogP contribution in [-0.2, 0) is 11.3 Å². The molecule has 1 unspecified atom stereocenters. The topological polar surface area (TPSA) is 77.3 Å². The van der Waals surface area contributed by atoms with Gasteiger partial charge in [0.2, 0.25) is 0 Å².